The van der Waals surface area contributed by atoms with E-state index in [0.717, 1.165) is 10.5 Å². The van der Waals surface area contributed by atoms with Gasteiger partial charge in [0.1, 0.15) is 6.04 Å². The van der Waals surface area contributed by atoms with Crippen molar-refractivity contribution in [3.63, 3.8) is 0 Å². The third-order valence-electron chi connectivity index (χ3n) is 6.32. The molecule has 170 valence electrons. The largest absolute Gasteiger partial charge is 0.352 e. The van der Waals surface area contributed by atoms with Crippen LogP contribution in [-0.2, 0) is 16.1 Å². The van der Waals surface area contributed by atoms with Crippen molar-refractivity contribution in [1.29, 1.82) is 0 Å². The third kappa shape index (κ3) is 3.86. The number of hydrogen-bond donors (Lipinski definition) is 1. The zero-order valence-electron chi connectivity index (χ0n) is 17.8. The molecular weight excluding hydrogens is 429 g/mol. The van der Waals surface area contributed by atoms with Gasteiger partial charge in [0.25, 0.3) is 11.8 Å². The van der Waals surface area contributed by atoms with Crippen LogP contribution in [0, 0.1) is 5.82 Å². The number of piperidine rings is 1. The lowest BCUT2D eigenvalue weighted by Gasteiger charge is -2.35. The second-order valence-corrected chi connectivity index (χ2v) is 8.40. The molecule has 0 saturated carbocycles. The molecule has 5 rings (SSSR count). The van der Waals surface area contributed by atoms with Crippen LogP contribution in [0.5, 0.6) is 0 Å². The molecule has 1 atom stereocenters. The first kappa shape index (κ1) is 21.2. The van der Waals surface area contributed by atoms with Gasteiger partial charge in [-0.2, -0.15) is 0 Å². The van der Waals surface area contributed by atoms with E-state index in [2.05, 4.69) is 15.2 Å². The van der Waals surface area contributed by atoms with E-state index in [0.29, 0.717) is 38.5 Å². The highest BCUT2D eigenvalue weighted by molar-refractivity contribution is 6.23. The number of imide groups is 2. The minimum absolute atomic E-state index is 0.0867. The molecule has 2 saturated heterocycles. The van der Waals surface area contributed by atoms with E-state index >= 15 is 0 Å². The quantitative estimate of drug-likeness (QED) is 0.691. The van der Waals surface area contributed by atoms with Crippen LogP contribution in [0.4, 0.5) is 10.2 Å². The van der Waals surface area contributed by atoms with Gasteiger partial charge in [-0.3, -0.25) is 34.3 Å². The number of halogens is 1. The average molecular weight is 451 g/mol. The van der Waals surface area contributed by atoms with Gasteiger partial charge in [-0.1, -0.05) is 6.07 Å². The molecule has 1 unspecified atom stereocenters. The van der Waals surface area contributed by atoms with Crippen LogP contribution in [0.3, 0.4) is 0 Å². The molecule has 0 spiro atoms. The summed E-state index contributed by atoms with van der Waals surface area (Å²) in [5, 5.41) is 2.20. The third-order valence-corrected chi connectivity index (χ3v) is 6.32. The maximum atomic E-state index is 14.0. The van der Waals surface area contributed by atoms with Crippen molar-refractivity contribution in [2.45, 2.75) is 25.4 Å². The zero-order chi connectivity index (χ0) is 23.1. The van der Waals surface area contributed by atoms with Crippen molar-refractivity contribution < 1.29 is 23.6 Å². The summed E-state index contributed by atoms with van der Waals surface area (Å²) in [6.45, 7) is 3.22. The van der Waals surface area contributed by atoms with Gasteiger partial charge in [-0.15, -0.1) is 0 Å². The Bertz CT molecular complexity index is 1160. The monoisotopic (exact) mass is 451 g/mol. The molecule has 1 N–H and O–H groups in total. The summed E-state index contributed by atoms with van der Waals surface area (Å²) in [5.74, 6) is -2.03. The van der Waals surface area contributed by atoms with Gasteiger partial charge in [-0.25, -0.2) is 9.37 Å². The van der Waals surface area contributed by atoms with Crippen molar-refractivity contribution in [3.05, 3.63) is 59.0 Å². The smallest absolute Gasteiger partial charge is 0.262 e. The Morgan fingerprint density at radius 1 is 1.00 bits per heavy atom. The molecule has 0 bridgehead atoms. The lowest BCUT2D eigenvalue weighted by molar-refractivity contribution is -0.136. The fraction of sp³-hybridized carbons (Fsp3) is 0.348. The molecule has 0 aliphatic carbocycles. The standard InChI is InChI=1S/C23H22FN5O4/c24-17-2-1-7-25-20(17)28-10-8-27(9-11-28)13-14-3-4-15-16(12-14)23(33)29(22(15)32)18-5-6-19(30)26-21(18)31/h1-4,7,12,18H,5-6,8-11,13H2,(H,26,30,31). The molecule has 1 aromatic carbocycles. The van der Waals surface area contributed by atoms with Crippen LogP contribution >= 0.6 is 0 Å². The first-order valence-electron chi connectivity index (χ1n) is 10.8. The Labute approximate surface area is 189 Å². The number of amides is 4. The van der Waals surface area contributed by atoms with Crippen LogP contribution in [0.1, 0.15) is 39.1 Å². The maximum Gasteiger partial charge on any atom is 0.262 e. The van der Waals surface area contributed by atoms with E-state index in [1.807, 2.05) is 11.0 Å². The number of benzene rings is 1. The molecule has 33 heavy (non-hydrogen) atoms. The number of fused-ring (bicyclic) bond motifs is 1. The number of nitrogens with one attached hydrogen (secondary N) is 1. The fourth-order valence-electron chi connectivity index (χ4n) is 4.60. The van der Waals surface area contributed by atoms with Crippen molar-refractivity contribution in [2.75, 3.05) is 31.1 Å². The Morgan fingerprint density at radius 3 is 2.48 bits per heavy atom. The molecule has 10 heteroatoms. The van der Waals surface area contributed by atoms with Crippen molar-refractivity contribution in [3.8, 4) is 0 Å². The summed E-state index contributed by atoms with van der Waals surface area (Å²) >= 11 is 0. The molecule has 3 aliphatic heterocycles. The molecule has 9 nitrogen and oxygen atoms in total. The maximum absolute atomic E-state index is 14.0. The number of carbonyl (C=O) groups excluding carboxylic acids is 4. The summed E-state index contributed by atoms with van der Waals surface area (Å²) in [5.41, 5.74) is 1.41. The molecule has 2 fully saturated rings. The van der Waals surface area contributed by atoms with Crippen molar-refractivity contribution in [1.82, 2.24) is 20.1 Å². The number of nitrogens with zero attached hydrogens (tertiary/aromatic N) is 4. The lowest BCUT2D eigenvalue weighted by atomic mass is 10.0. The number of anilines is 1. The highest BCUT2D eigenvalue weighted by Crippen LogP contribution is 2.29. The number of piperazine rings is 1. The Hall–Kier alpha value is -3.66. The van der Waals surface area contributed by atoms with Gasteiger partial charge in [0, 0.05) is 45.3 Å². The predicted octanol–water partition coefficient (Wildman–Crippen LogP) is 0.944. The minimum Gasteiger partial charge on any atom is -0.352 e. The Kier molecular flexibility index (Phi) is 5.37. The Balaban J connectivity index is 1.26. The molecule has 4 heterocycles. The Morgan fingerprint density at radius 2 is 1.76 bits per heavy atom. The summed E-state index contributed by atoms with van der Waals surface area (Å²) in [6.07, 6.45) is 1.79. The number of pyridine rings is 1. The van der Waals surface area contributed by atoms with Crippen molar-refractivity contribution >= 4 is 29.4 Å². The SMILES string of the molecule is O=C1CCC(N2C(=O)c3ccc(CN4CCN(c5ncccc5F)CC4)cc3C2=O)C(=O)N1. The second-order valence-electron chi connectivity index (χ2n) is 8.40. The van der Waals surface area contributed by atoms with Crippen LogP contribution in [-0.4, -0.2) is 70.6 Å². The van der Waals surface area contributed by atoms with Gasteiger partial charge in [0.05, 0.1) is 11.1 Å². The van der Waals surface area contributed by atoms with Crippen LogP contribution in [0.25, 0.3) is 0 Å². The number of aromatic nitrogens is 1. The highest BCUT2D eigenvalue weighted by atomic mass is 19.1. The van der Waals surface area contributed by atoms with E-state index in [4.69, 9.17) is 0 Å². The number of rotatable bonds is 4. The van der Waals surface area contributed by atoms with Crippen LogP contribution < -0.4 is 10.2 Å². The van der Waals surface area contributed by atoms with E-state index in [9.17, 15) is 23.6 Å². The minimum atomic E-state index is -0.974. The number of carbonyl (C=O) groups is 4. The average Bonchev–Trinajstić information content (AvgIpc) is 3.05. The highest BCUT2D eigenvalue weighted by Gasteiger charge is 2.44. The first-order chi connectivity index (χ1) is 15.9. The summed E-state index contributed by atoms with van der Waals surface area (Å²) in [4.78, 5) is 58.6. The fourth-order valence-corrected chi connectivity index (χ4v) is 4.60. The zero-order valence-corrected chi connectivity index (χ0v) is 17.8. The topological polar surface area (TPSA) is 103 Å². The van der Waals surface area contributed by atoms with Gasteiger partial charge in [0.15, 0.2) is 11.6 Å². The molecule has 2 aromatic rings. The van der Waals surface area contributed by atoms with Crippen LogP contribution in [0.15, 0.2) is 36.5 Å². The van der Waals surface area contributed by atoms with Gasteiger partial charge in [0.2, 0.25) is 11.8 Å². The lowest BCUT2D eigenvalue weighted by Crippen LogP contribution is -2.54. The van der Waals surface area contributed by atoms with E-state index in [1.165, 1.54) is 6.07 Å². The van der Waals surface area contributed by atoms with E-state index in [-0.39, 0.29) is 29.8 Å². The van der Waals surface area contributed by atoms with E-state index in [1.54, 1.807) is 24.4 Å². The molecule has 0 radical (unpaired) electrons. The summed E-state index contributed by atoms with van der Waals surface area (Å²) < 4.78 is 14.0. The molecule has 1 aromatic heterocycles. The number of hydrogen-bond acceptors (Lipinski definition) is 7. The summed E-state index contributed by atoms with van der Waals surface area (Å²) in [6, 6.07) is 7.12. The second kappa shape index (κ2) is 8.36. The van der Waals surface area contributed by atoms with Gasteiger partial charge in [-0.05, 0) is 36.2 Å². The predicted molar refractivity (Wildman–Crippen MR) is 115 cm³/mol. The molecular formula is C23H22FN5O4. The first-order valence-corrected chi connectivity index (χ1v) is 10.8. The van der Waals surface area contributed by atoms with E-state index < -0.39 is 29.7 Å². The normalized spacial score (nSPS) is 21.4. The van der Waals surface area contributed by atoms with Gasteiger partial charge < -0.3 is 4.90 Å². The van der Waals surface area contributed by atoms with Crippen molar-refractivity contribution in [2.24, 2.45) is 0 Å². The summed E-state index contributed by atoms with van der Waals surface area (Å²) in [7, 11) is 0. The molecule has 4 amide bonds. The molecule has 3 aliphatic rings. The van der Waals surface area contributed by atoms with Crippen LogP contribution in [0.2, 0.25) is 0 Å². The van der Waals surface area contributed by atoms with Gasteiger partial charge >= 0.3 is 0 Å².